The molecule has 6 nitrogen and oxygen atoms in total. The van der Waals surface area contributed by atoms with Crippen LogP contribution in [-0.4, -0.2) is 27.0 Å². The van der Waals surface area contributed by atoms with Crippen LogP contribution in [0, 0.1) is 12.7 Å². The standard InChI is InChI=1S/C16H17FN4O2/c1-10-8-14(21(3)19-10)18-15(22)16(2)9-13(20-23-16)11-4-6-12(17)7-5-11/h4-8H,9H2,1-3H3,(H,18,22). The number of hydrogen-bond donors (Lipinski definition) is 1. The highest BCUT2D eigenvalue weighted by molar-refractivity contribution is 6.07. The average Bonchev–Trinajstić information content (AvgIpc) is 3.04. The molecule has 0 fully saturated rings. The molecule has 3 rings (SSSR count). The molecule has 1 atom stereocenters. The second-order valence-corrected chi connectivity index (χ2v) is 5.79. The molecule has 120 valence electrons. The Labute approximate surface area is 132 Å². The molecule has 1 unspecified atom stereocenters. The van der Waals surface area contributed by atoms with Crippen molar-refractivity contribution in [2.45, 2.75) is 25.9 Å². The normalized spacial score (nSPS) is 20.1. The van der Waals surface area contributed by atoms with Crippen LogP contribution >= 0.6 is 0 Å². The summed E-state index contributed by atoms with van der Waals surface area (Å²) < 4.78 is 14.6. The molecule has 23 heavy (non-hydrogen) atoms. The number of rotatable bonds is 3. The predicted octanol–water partition coefficient (Wildman–Crippen LogP) is 2.39. The highest BCUT2D eigenvalue weighted by atomic mass is 19.1. The van der Waals surface area contributed by atoms with Gasteiger partial charge in [0.1, 0.15) is 11.6 Å². The largest absolute Gasteiger partial charge is 0.379 e. The van der Waals surface area contributed by atoms with Crippen molar-refractivity contribution in [3.05, 3.63) is 47.4 Å². The summed E-state index contributed by atoms with van der Waals surface area (Å²) in [5.41, 5.74) is 1.05. The molecule has 0 radical (unpaired) electrons. The lowest BCUT2D eigenvalue weighted by Gasteiger charge is -2.20. The van der Waals surface area contributed by atoms with E-state index in [1.165, 1.54) is 12.1 Å². The number of aromatic nitrogens is 2. The van der Waals surface area contributed by atoms with E-state index in [9.17, 15) is 9.18 Å². The van der Waals surface area contributed by atoms with E-state index in [1.807, 2.05) is 6.92 Å². The predicted molar refractivity (Wildman–Crippen MR) is 83.6 cm³/mol. The average molecular weight is 316 g/mol. The summed E-state index contributed by atoms with van der Waals surface area (Å²) in [4.78, 5) is 17.9. The van der Waals surface area contributed by atoms with Crippen LogP contribution in [0.15, 0.2) is 35.5 Å². The van der Waals surface area contributed by atoms with Crippen LogP contribution in [0.4, 0.5) is 10.2 Å². The molecule has 1 N–H and O–H groups in total. The third-order valence-corrected chi connectivity index (χ3v) is 3.76. The van der Waals surface area contributed by atoms with Gasteiger partial charge >= 0.3 is 0 Å². The van der Waals surface area contributed by atoms with Crippen molar-refractivity contribution in [3.8, 4) is 0 Å². The van der Waals surface area contributed by atoms with Gasteiger partial charge in [0.25, 0.3) is 5.91 Å². The third-order valence-electron chi connectivity index (χ3n) is 3.76. The number of benzene rings is 1. The highest BCUT2D eigenvalue weighted by Crippen LogP contribution is 2.28. The summed E-state index contributed by atoms with van der Waals surface area (Å²) in [7, 11) is 1.75. The Kier molecular flexibility index (Phi) is 3.63. The summed E-state index contributed by atoms with van der Waals surface area (Å²) in [5, 5.41) is 11.0. The summed E-state index contributed by atoms with van der Waals surface area (Å²) in [5.74, 6) is -0.0331. The fourth-order valence-electron chi connectivity index (χ4n) is 2.43. The first-order valence-corrected chi connectivity index (χ1v) is 7.20. The van der Waals surface area contributed by atoms with Gasteiger partial charge in [0.2, 0.25) is 5.60 Å². The Hall–Kier alpha value is -2.70. The van der Waals surface area contributed by atoms with Crippen LogP contribution in [0.2, 0.25) is 0 Å². The molecule has 0 spiro atoms. The van der Waals surface area contributed by atoms with Crippen molar-refractivity contribution in [1.82, 2.24) is 9.78 Å². The van der Waals surface area contributed by atoms with Crippen molar-refractivity contribution in [3.63, 3.8) is 0 Å². The maximum atomic E-state index is 13.0. The van der Waals surface area contributed by atoms with Crippen LogP contribution in [-0.2, 0) is 16.7 Å². The number of carbonyl (C=O) groups is 1. The first kappa shape index (κ1) is 15.2. The lowest BCUT2D eigenvalue weighted by Crippen LogP contribution is -2.40. The van der Waals surface area contributed by atoms with E-state index in [2.05, 4.69) is 15.6 Å². The van der Waals surface area contributed by atoms with Gasteiger partial charge in [-0.15, -0.1) is 0 Å². The van der Waals surface area contributed by atoms with Crippen LogP contribution in [0.5, 0.6) is 0 Å². The zero-order valence-electron chi connectivity index (χ0n) is 13.1. The Morgan fingerprint density at radius 2 is 2.09 bits per heavy atom. The van der Waals surface area contributed by atoms with E-state index in [1.54, 1.807) is 36.9 Å². The topological polar surface area (TPSA) is 68.5 Å². The molecule has 2 heterocycles. The second-order valence-electron chi connectivity index (χ2n) is 5.79. The van der Waals surface area contributed by atoms with Crippen molar-refractivity contribution in [2.75, 3.05) is 5.32 Å². The van der Waals surface area contributed by atoms with Crippen LogP contribution in [0.3, 0.4) is 0 Å². The van der Waals surface area contributed by atoms with Crippen LogP contribution in [0.1, 0.15) is 24.6 Å². The number of aryl methyl sites for hydroxylation is 2. The van der Waals surface area contributed by atoms with Gasteiger partial charge in [0.05, 0.1) is 11.4 Å². The number of nitrogens with one attached hydrogen (secondary N) is 1. The van der Waals surface area contributed by atoms with Crippen LogP contribution < -0.4 is 5.32 Å². The zero-order valence-corrected chi connectivity index (χ0v) is 13.1. The Bertz CT molecular complexity index is 782. The summed E-state index contributed by atoms with van der Waals surface area (Å²) in [6.45, 7) is 3.52. The number of halogens is 1. The van der Waals surface area contributed by atoms with Gasteiger partial charge < -0.3 is 10.2 Å². The van der Waals surface area contributed by atoms with Gasteiger partial charge in [-0.1, -0.05) is 17.3 Å². The minimum Gasteiger partial charge on any atom is -0.379 e. The zero-order chi connectivity index (χ0) is 16.6. The molecule has 7 heteroatoms. The monoisotopic (exact) mass is 316 g/mol. The number of nitrogens with zero attached hydrogens (tertiary/aromatic N) is 3. The second kappa shape index (κ2) is 5.49. The van der Waals surface area contributed by atoms with E-state index in [0.717, 1.165) is 11.3 Å². The van der Waals surface area contributed by atoms with Gasteiger partial charge in [-0.3, -0.25) is 9.48 Å². The molecule has 1 aromatic carbocycles. The third kappa shape index (κ3) is 2.94. The van der Waals surface area contributed by atoms with Crippen LogP contribution in [0.25, 0.3) is 0 Å². The fourth-order valence-corrected chi connectivity index (χ4v) is 2.43. The first-order chi connectivity index (χ1) is 10.9. The molecule has 0 saturated heterocycles. The van der Waals surface area contributed by atoms with E-state index < -0.39 is 5.60 Å². The molecule has 1 amide bonds. The summed E-state index contributed by atoms with van der Waals surface area (Å²) in [6.07, 6.45) is 0.307. The van der Waals surface area contributed by atoms with Gasteiger partial charge in [0, 0.05) is 19.5 Å². The molecular weight excluding hydrogens is 299 g/mol. The van der Waals surface area contributed by atoms with Crippen molar-refractivity contribution in [1.29, 1.82) is 0 Å². The summed E-state index contributed by atoms with van der Waals surface area (Å²) >= 11 is 0. The van der Waals surface area contributed by atoms with Crippen molar-refractivity contribution < 1.29 is 14.0 Å². The fraction of sp³-hybridized carbons (Fsp3) is 0.312. The number of amides is 1. The van der Waals surface area contributed by atoms with Gasteiger partial charge in [-0.25, -0.2) is 4.39 Å². The summed E-state index contributed by atoms with van der Waals surface area (Å²) in [6, 6.07) is 7.72. The number of anilines is 1. The van der Waals surface area contributed by atoms with E-state index in [-0.39, 0.29) is 11.7 Å². The molecule has 0 aliphatic carbocycles. The van der Waals surface area contributed by atoms with E-state index in [0.29, 0.717) is 18.0 Å². The maximum absolute atomic E-state index is 13.0. The highest BCUT2D eigenvalue weighted by Gasteiger charge is 2.42. The maximum Gasteiger partial charge on any atom is 0.272 e. The first-order valence-electron chi connectivity index (χ1n) is 7.20. The van der Waals surface area contributed by atoms with Crippen molar-refractivity contribution >= 4 is 17.4 Å². The Balaban J connectivity index is 1.73. The SMILES string of the molecule is Cc1cc(NC(=O)C2(C)CC(c3ccc(F)cc3)=NO2)n(C)n1. The molecule has 0 saturated carbocycles. The van der Waals surface area contributed by atoms with E-state index in [4.69, 9.17) is 4.84 Å². The van der Waals surface area contributed by atoms with E-state index >= 15 is 0 Å². The molecule has 1 aliphatic heterocycles. The molecule has 1 aromatic heterocycles. The number of hydrogen-bond acceptors (Lipinski definition) is 4. The van der Waals surface area contributed by atoms with Gasteiger partial charge in [0.15, 0.2) is 0 Å². The van der Waals surface area contributed by atoms with Gasteiger partial charge in [-0.2, -0.15) is 5.10 Å². The minimum absolute atomic E-state index is 0.304. The molecule has 0 bridgehead atoms. The smallest absolute Gasteiger partial charge is 0.272 e. The van der Waals surface area contributed by atoms with Crippen molar-refractivity contribution in [2.24, 2.45) is 12.2 Å². The molecule has 2 aromatic rings. The lowest BCUT2D eigenvalue weighted by molar-refractivity contribution is -0.136. The quantitative estimate of drug-likeness (QED) is 0.945. The Morgan fingerprint density at radius 3 is 2.70 bits per heavy atom. The minimum atomic E-state index is -1.11. The lowest BCUT2D eigenvalue weighted by atomic mass is 9.95. The molecular formula is C16H17FN4O2. The number of oxime groups is 1. The Morgan fingerprint density at radius 1 is 1.39 bits per heavy atom. The van der Waals surface area contributed by atoms with Gasteiger partial charge in [-0.05, 0) is 31.5 Å². The molecule has 1 aliphatic rings. The number of carbonyl (C=O) groups excluding carboxylic acids is 1.